The molecule has 0 fully saturated rings. The lowest BCUT2D eigenvalue weighted by atomic mass is 10.0. The number of nitrogens with two attached hydrogens (primary N) is 1. The number of aryl methyl sites for hydroxylation is 2. The van der Waals surface area contributed by atoms with E-state index < -0.39 is 0 Å². The molecule has 0 aliphatic heterocycles. The number of thiazole rings is 1. The first-order valence-electron chi connectivity index (χ1n) is 6.94. The number of hydrogen-bond donors (Lipinski definition) is 1. The predicted molar refractivity (Wildman–Crippen MR) is 88.4 cm³/mol. The third kappa shape index (κ3) is 3.47. The summed E-state index contributed by atoms with van der Waals surface area (Å²) in [4.78, 5) is 10.7. The lowest BCUT2D eigenvalue weighted by molar-refractivity contribution is 0.206. The first kappa shape index (κ1) is 15.6. The Balaban J connectivity index is 2.20. The van der Waals surface area contributed by atoms with Crippen LogP contribution in [0.4, 0.5) is 0 Å². The molecule has 2 N–H and O–H groups in total. The summed E-state index contributed by atoms with van der Waals surface area (Å²) in [5.41, 5.74) is 9.43. The van der Waals surface area contributed by atoms with Crippen LogP contribution in [0.3, 0.4) is 0 Å². The van der Waals surface area contributed by atoms with Crippen LogP contribution in [0.25, 0.3) is 0 Å². The van der Waals surface area contributed by atoms with Crippen molar-refractivity contribution >= 4 is 22.7 Å². The van der Waals surface area contributed by atoms with Crippen molar-refractivity contribution in [2.45, 2.75) is 45.8 Å². The highest BCUT2D eigenvalue weighted by atomic mass is 32.1. The van der Waals surface area contributed by atoms with Crippen molar-refractivity contribution in [1.29, 1.82) is 0 Å². The van der Waals surface area contributed by atoms with E-state index in [0.29, 0.717) is 0 Å². The molecule has 20 heavy (non-hydrogen) atoms. The molecule has 2 atom stereocenters. The van der Waals surface area contributed by atoms with Gasteiger partial charge in [0, 0.05) is 27.2 Å². The Morgan fingerprint density at radius 1 is 1.35 bits per heavy atom. The molecule has 0 saturated carbocycles. The first-order valence-corrected chi connectivity index (χ1v) is 8.63. The average Bonchev–Trinajstić information content (AvgIpc) is 2.99. The number of thiophene rings is 1. The van der Waals surface area contributed by atoms with E-state index in [1.165, 1.54) is 14.6 Å². The van der Waals surface area contributed by atoms with E-state index in [2.05, 4.69) is 49.8 Å². The molecule has 2 unspecified atom stereocenters. The summed E-state index contributed by atoms with van der Waals surface area (Å²) < 4.78 is 0. The van der Waals surface area contributed by atoms with Crippen LogP contribution in [0.2, 0.25) is 0 Å². The highest BCUT2D eigenvalue weighted by Gasteiger charge is 2.25. The Labute approximate surface area is 129 Å². The van der Waals surface area contributed by atoms with Crippen LogP contribution < -0.4 is 5.73 Å². The van der Waals surface area contributed by atoms with Crippen molar-refractivity contribution in [3.63, 3.8) is 0 Å². The van der Waals surface area contributed by atoms with Gasteiger partial charge in [-0.2, -0.15) is 0 Å². The van der Waals surface area contributed by atoms with Crippen molar-refractivity contribution in [3.05, 3.63) is 38.0 Å². The van der Waals surface area contributed by atoms with E-state index in [4.69, 9.17) is 5.73 Å². The zero-order valence-electron chi connectivity index (χ0n) is 12.6. The molecule has 110 valence electrons. The van der Waals surface area contributed by atoms with Gasteiger partial charge in [0.25, 0.3) is 0 Å². The fraction of sp³-hybridized carbons (Fsp3) is 0.533. The Hall–Kier alpha value is -0.750. The third-order valence-electron chi connectivity index (χ3n) is 3.64. The Morgan fingerprint density at radius 3 is 2.60 bits per heavy atom. The van der Waals surface area contributed by atoms with Gasteiger partial charge in [-0.3, -0.25) is 4.90 Å². The molecule has 2 rings (SSSR count). The van der Waals surface area contributed by atoms with Crippen molar-refractivity contribution in [2.24, 2.45) is 5.73 Å². The van der Waals surface area contributed by atoms with Gasteiger partial charge in [0.1, 0.15) is 0 Å². The zero-order valence-corrected chi connectivity index (χ0v) is 14.2. The molecule has 0 aliphatic rings. The van der Waals surface area contributed by atoms with Gasteiger partial charge in [0.2, 0.25) is 0 Å². The van der Waals surface area contributed by atoms with Crippen molar-refractivity contribution in [2.75, 3.05) is 7.05 Å². The van der Waals surface area contributed by atoms with E-state index in [9.17, 15) is 0 Å². The molecule has 3 nitrogen and oxygen atoms in total. The molecule has 0 aliphatic carbocycles. The van der Waals surface area contributed by atoms with Gasteiger partial charge in [-0.1, -0.05) is 6.92 Å². The second kappa shape index (κ2) is 6.80. The summed E-state index contributed by atoms with van der Waals surface area (Å²) in [6.07, 6.45) is 0.980. The number of rotatable bonds is 6. The monoisotopic (exact) mass is 309 g/mol. The van der Waals surface area contributed by atoms with Crippen LogP contribution in [0.15, 0.2) is 17.6 Å². The van der Waals surface area contributed by atoms with Crippen LogP contribution in [0.5, 0.6) is 0 Å². The highest BCUT2D eigenvalue weighted by molar-refractivity contribution is 7.12. The third-order valence-corrected chi connectivity index (χ3v) is 5.63. The SMILES string of the molecule is CCC(N)C(c1ccc(C)s1)N(C)Cc1scnc1C. The topological polar surface area (TPSA) is 42.1 Å². The Bertz CT molecular complexity index is 547. The van der Waals surface area contributed by atoms with Crippen LogP contribution in [-0.4, -0.2) is 23.0 Å². The summed E-state index contributed by atoms with van der Waals surface area (Å²) in [5.74, 6) is 0. The Morgan fingerprint density at radius 2 is 2.10 bits per heavy atom. The zero-order chi connectivity index (χ0) is 14.7. The molecule has 5 heteroatoms. The number of hydrogen-bond acceptors (Lipinski definition) is 5. The van der Waals surface area contributed by atoms with Gasteiger partial charge in [0.05, 0.1) is 17.2 Å². The minimum atomic E-state index is 0.159. The minimum Gasteiger partial charge on any atom is -0.326 e. The molecule has 0 spiro atoms. The molecule has 0 bridgehead atoms. The molecule has 2 aromatic heterocycles. The van der Waals surface area contributed by atoms with Gasteiger partial charge in [-0.25, -0.2) is 4.98 Å². The summed E-state index contributed by atoms with van der Waals surface area (Å²) in [6, 6.07) is 4.84. The molecule has 0 aromatic carbocycles. The quantitative estimate of drug-likeness (QED) is 0.884. The van der Waals surface area contributed by atoms with Crippen LogP contribution >= 0.6 is 22.7 Å². The molecular weight excluding hydrogens is 286 g/mol. The van der Waals surface area contributed by atoms with Crippen LogP contribution in [-0.2, 0) is 6.54 Å². The summed E-state index contributed by atoms with van der Waals surface area (Å²) in [6.45, 7) is 7.29. The maximum Gasteiger partial charge on any atom is 0.0798 e. The summed E-state index contributed by atoms with van der Waals surface area (Å²) >= 11 is 3.58. The summed E-state index contributed by atoms with van der Waals surface area (Å²) in [5, 5.41) is 0. The molecule has 2 aromatic rings. The normalized spacial score (nSPS) is 14.7. The van der Waals surface area contributed by atoms with Crippen LogP contribution in [0, 0.1) is 13.8 Å². The second-order valence-electron chi connectivity index (χ2n) is 5.24. The maximum atomic E-state index is 6.38. The van der Waals surface area contributed by atoms with Crippen molar-refractivity contribution in [1.82, 2.24) is 9.88 Å². The average molecular weight is 310 g/mol. The number of likely N-dealkylation sites (N-methyl/N-ethyl adjacent to an activating group) is 1. The standard InChI is InChI=1S/C15H23N3S2/c1-5-12(16)15(13-7-6-10(2)20-13)18(4)8-14-11(3)17-9-19-14/h6-7,9,12,15H,5,8,16H2,1-4H3. The number of nitrogens with zero attached hydrogens (tertiary/aromatic N) is 2. The van der Waals surface area contributed by atoms with Gasteiger partial charge in [-0.05, 0) is 39.4 Å². The van der Waals surface area contributed by atoms with Crippen molar-refractivity contribution < 1.29 is 0 Å². The van der Waals surface area contributed by atoms with E-state index in [0.717, 1.165) is 18.7 Å². The lowest BCUT2D eigenvalue weighted by Gasteiger charge is -2.31. The van der Waals surface area contributed by atoms with Gasteiger partial charge < -0.3 is 5.73 Å². The minimum absolute atomic E-state index is 0.159. The number of aromatic nitrogens is 1. The van der Waals surface area contributed by atoms with E-state index >= 15 is 0 Å². The molecule has 0 radical (unpaired) electrons. The van der Waals surface area contributed by atoms with Gasteiger partial charge in [-0.15, -0.1) is 22.7 Å². The smallest absolute Gasteiger partial charge is 0.0798 e. The second-order valence-corrected chi connectivity index (χ2v) is 7.50. The predicted octanol–water partition coefficient (Wildman–Crippen LogP) is 3.73. The molecule has 2 heterocycles. The first-order chi connectivity index (χ1) is 9.52. The largest absolute Gasteiger partial charge is 0.326 e. The van der Waals surface area contributed by atoms with Crippen molar-refractivity contribution in [3.8, 4) is 0 Å². The lowest BCUT2D eigenvalue weighted by Crippen LogP contribution is -2.38. The fourth-order valence-corrected chi connectivity index (χ4v) is 4.35. The van der Waals surface area contributed by atoms with Crippen LogP contribution in [0.1, 0.15) is 39.7 Å². The molecule has 0 saturated heterocycles. The van der Waals surface area contributed by atoms with Gasteiger partial charge in [0.15, 0.2) is 0 Å². The van der Waals surface area contributed by atoms with E-state index in [1.54, 1.807) is 11.3 Å². The molecular formula is C15H23N3S2. The highest BCUT2D eigenvalue weighted by Crippen LogP contribution is 2.31. The van der Waals surface area contributed by atoms with E-state index in [1.807, 2.05) is 16.8 Å². The molecule has 0 amide bonds. The maximum absolute atomic E-state index is 6.38. The summed E-state index contributed by atoms with van der Waals surface area (Å²) in [7, 11) is 2.16. The Kier molecular flexibility index (Phi) is 5.32. The fourth-order valence-electron chi connectivity index (χ4n) is 2.39. The van der Waals surface area contributed by atoms with Gasteiger partial charge >= 0.3 is 0 Å². The van der Waals surface area contributed by atoms with E-state index in [-0.39, 0.29) is 12.1 Å².